The van der Waals surface area contributed by atoms with Gasteiger partial charge < -0.3 is 9.32 Å². The molecule has 0 saturated carbocycles. The zero-order valence-electron chi connectivity index (χ0n) is 10.2. The molecule has 1 aliphatic rings. The van der Waals surface area contributed by atoms with Gasteiger partial charge in [-0.15, -0.1) is 0 Å². The van der Waals surface area contributed by atoms with Crippen molar-refractivity contribution < 1.29 is 9.21 Å². The van der Waals surface area contributed by atoms with Crippen molar-refractivity contribution in [3.63, 3.8) is 0 Å². The normalized spacial score (nSPS) is 19.8. The molecule has 1 aromatic rings. The molecule has 1 aromatic heterocycles. The number of rotatable bonds is 2. The Balaban J connectivity index is 2.14. The second kappa shape index (κ2) is 3.96. The Morgan fingerprint density at radius 3 is 2.75 bits per heavy atom. The third-order valence-corrected chi connectivity index (χ3v) is 3.15. The first kappa shape index (κ1) is 11.2. The minimum atomic E-state index is -0.0116. The van der Waals surface area contributed by atoms with Gasteiger partial charge in [0.1, 0.15) is 0 Å². The number of hydrogen-bond acceptors (Lipinski definition) is 3. The number of ketones is 1. The Morgan fingerprint density at radius 1 is 1.44 bits per heavy atom. The van der Waals surface area contributed by atoms with E-state index in [1.54, 1.807) is 6.07 Å². The van der Waals surface area contributed by atoms with Crippen LogP contribution in [0.3, 0.4) is 0 Å². The Bertz CT molecular complexity index is 392. The van der Waals surface area contributed by atoms with E-state index in [-0.39, 0.29) is 5.78 Å². The first-order valence-corrected chi connectivity index (χ1v) is 5.84. The van der Waals surface area contributed by atoms with Crippen LogP contribution in [0, 0.1) is 5.41 Å². The van der Waals surface area contributed by atoms with Gasteiger partial charge in [0.2, 0.25) is 0 Å². The molecule has 3 heteroatoms. The highest BCUT2D eigenvalue weighted by atomic mass is 16.4. The zero-order chi connectivity index (χ0) is 11.8. The molecule has 0 N–H and O–H groups in total. The predicted molar refractivity (Wildman–Crippen MR) is 63.9 cm³/mol. The van der Waals surface area contributed by atoms with Gasteiger partial charge in [-0.1, -0.05) is 13.8 Å². The van der Waals surface area contributed by atoms with Crippen LogP contribution in [0.2, 0.25) is 0 Å². The van der Waals surface area contributed by atoms with Crippen molar-refractivity contribution in [1.82, 2.24) is 0 Å². The molecular formula is C13H19NO2. The standard InChI is InChI=1S/C13H19NO2/c1-10(15)11-5-6-12(16-11)14-8-4-7-13(2,3)9-14/h5-6H,4,7-9H2,1-3H3. The molecule has 2 heterocycles. The number of anilines is 1. The zero-order valence-corrected chi connectivity index (χ0v) is 10.2. The van der Waals surface area contributed by atoms with E-state index in [0.29, 0.717) is 11.2 Å². The number of carbonyl (C=O) groups excluding carboxylic acids is 1. The molecule has 0 spiro atoms. The monoisotopic (exact) mass is 221 g/mol. The molecule has 0 aliphatic carbocycles. The number of carbonyl (C=O) groups is 1. The van der Waals surface area contributed by atoms with Crippen LogP contribution >= 0.6 is 0 Å². The quantitative estimate of drug-likeness (QED) is 0.719. The van der Waals surface area contributed by atoms with Gasteiger partial charge in [0.25, 0.3) is 0 Å². The van der Waals surface area contributed by atoms with Crippen LogP contribution in [-0.2, 0) is 0 Å². The summed E-state index contributed by atoms with van der Waals surface area (Å²) in [6.07, 6.45) is 2.44. The van der Waals surface area contributed by atoms with Gasteiger partial charge in [0.05, 0.1) is 0 Å². The van der Waals surface area contributed by atoms with E-state index in [4.69, 9.17) is 4.42 Å². The molecule has 16 heavy (non-hydrogen) atoms. The molecule has 0 bridgehead atoms. The van der Waals surface area contributed by atoms with Crippen LogP contribution in [0.5, 0.6) is 0 Å². The van der Waals surface area contributed by atoms with Crippen molar-refractivity contribution in [1.29, 1.82) is 0 Å². The van der Waals surface area contributed by atoms with Gasteiger partial charge in [-0.3, -0.25) is 4.79 Å². The molecular weight excluding hydrogens is 202 g/mol. The van der Waals surface area contributed by atoms with E-state index in [0.717, 1.165) is 19.0 Å². The van der Waals surface area contributed by atoms with E-state index in [9.17, 15) is 4.79 Å². The van der Waals surface area contributed by atoms with Crippen molar-refractivity contribution in [2.24, 2.45) is 5.41 Å². The molecule has 2 rings (SSSR count). The summed E-state index contributed by atoms with van der Waals surface area (Å²) in [4.78, 5) is 13.4. The first-order chi connectivity index (χ1) is 7.48. The predicted octanol–water partition coefficient (Wildman–Crippen LogP) is 3.11. The highest BCUT2D eigenvalue weighted by molar-refractivity contribution is 5.91. The Kier molecular flexibility index (Phi) is 2.78. The van der Waals surface area contributed by atoms with Crippen molar-refractivity contribution in [3.8, 4) is 0 Å². The van der Waals surface area contributed by atoms with E-state index < -0.39 is 0 Å². The number of furan rings is 1. The van der Waals surface area contributed by atoms with Crippen LogP contribution in [0.4, 0.5) is 5.88 Å². The summed E-state index contributed by atoms with van der Waals surface area (Å²) in [5.41, 5.74) is 0.335. The lowest BCUT2D eigenvalue weighted by Crippen LogP contribution is -2.39. The van der Waals surface area contributed by atoms with E-state index in [1.807, 2.05) is 6.07 Å². The van der Waals surface area contributed by atoms with Gasteiger partial charge >= 0.3 is 0 Å². The molecule has 1 saturated heterocycles. The van der Waals surface area contributed by atoms with Gasteiger partial charge in [-0.25, -0.2) is 0 Å². The van der Waals surface area contributed by atoms with Crippen LogP contribution in [-0.4, -0.2) is 18.9 Å². The average Bonchev–Trinajstić information content (AvgIpc) is 2.64. The third-order valence-electron chi connectivity index (χ3n) is 3.15. The number of Topliss-reactive ketones (excluding diaryl/α,β-unsaturated/α-hetero) is 1. The number of nitrogens with zero attached hydrogens (tertiary/aromatic N) is 1. The highest BCUT2D eigenvalue weighted by Crippen LogP contribution is 2.32. The summed E-state index contributed by atoms with van der Waals surface area (Å²) in [5.74, 6) is 1.28. The molecule has 0 aromatic carbocycles. The smallest absolute Gasteiger partial charge is 0.196 e. The summed E-state index contributed by atoms with van der Waals surface area (Å²) in [6.45, 7) is 8.09. The van der Waals surface area contributed by atoms with Crippen LogP contribution < -0.4 is 4.90 Å². The van der Waals surface area contributed by atoms with Gasteiger partial charge in [0, 0.05) is 26.1 Å². The SMILES string of the molecule is CC(=O)c1ccc(N2CCCC(C)(C)C2)o1. The van der Waals surface area contributed by atoms with E-state index in [2.05, 4.69) is 18.7 Å². The van der Waals surface area contributed by atoms with Crippen molar-refractivity contribution in [3.05, 3.63) is 17.9 Å². The van der Waals surface area contributed by atoms with E-state index in [1.165, 1.54) is 19.8 Å². The highest BCUT2D eigenvalue weighted by Gasteiger charge is 2.27. The largest absolute Gasteiger partial charge is 0.437 e. The maximum absolute atomic E-state index is 11.2. The minimum absolute atomic E-state index is 0.0116. The van der Waals surface area contributed by atoms with Gasteiger partial charge in [0.15, 0.2) is 17.4 Å². The fourth-order valence-electron chi connectivity index (χ4n) is 2.30. The average molecular weight is 221 g/mol. The maximum atomic E-state index is 11.2. The minimum Gasteiger partial charge on any atom is -0.437 e. The fourth-order valence-corrected chi connectivity index (χ4v) is 2.30. The molecule has 3 nitrogen and oxygen atoms in total. The molecule has 0 atom stereocenters. The lowest BCUT2D eigenvalue weighted by Gasteiger charge is -2.37. The summed E-state index contributed by atoms with van der Waals surface area (Å²) < 4.78 is 5.55. The van der Waals surface area contributed by atoms with Gasteiger partial charge in [-0.2, -0.15) is 0 Å². The molecule has 0 unspecified atom stereocenters. The lowest BCUT2D eigenvalue weighted by atomic mass is 9.84. The topological polar surface area (TPSA) is 33.5 Å². The van der Waals surface area contributed by atoms with Crippen molar-refractivity contribution in [2.75, 3.05) is 18.0 Å². The Labute approximate surface area is 96.4 Å². The fraction of sp³-hybridized carbons (Fsp3) is 0.615. The van der Waals surface area contributed by atoms with Crippen LogP contribution in [0.15, 0.2) is 16.5 Å². The van der Waals surface area contributed by atoms with Crippen molar-refractivity contribution >= 4 is 11.7 Å². The molecule has 0 radical (unpaired) electrons. The van der Waals surface area contributed by atoms with Gasteiger partial charge in [-0.05, 0) is 24.3 Å². The third kappa shape index (κ3) is 2.29. The Morgan fingerprint density at radius 2 is 2.19 bits per heavy atom. The van der Waals surface area contributed by atoms with E-state index >= 15 is 0 Å². The number of piperidine rings is 1. The summed E-state index contributed by atoms with van der Waals surface area (Å²) in [5, 5.41) is 0. The second-order valence-electron chi connectivity index (χ2n) is 5.38. The molecule has 1 fully saturated rings. The Hall–Kier alpha value is -1.25. The maximum Gasteiger partial charge on any atom is 0.196 e. The summed E-state index contributed by atoms with van der Waals surface area (Å²) >= 11 is 0. The summed E-state index contributed by atoms with van der Waals surface area (Å²) in [7, 11) is 0. The van der Waals surface area contributed by atoms with Crippen LogP contribution in [0.25, 0.3) is 0 Å². The second-order valence-corrected chi connectivity index (χ2v) is 5.38. The molecule has 1 aliphatic heterocycles. The number of hydrogen-bond donors (Lipinski definition) is 0. The molecule has 0 amide bonds. The lowest BCUT2D eigenvalue weighted by molar-refractivity contribution is 0.0987. The summed E-state index contributed by atoms with van der Waals surface area (Å²) in [6, 6.07) is 3.66. The van der Waals surface area contributed by atoms with Crippen LogP contribution in [0.1, 0.15) is 44.2 Å². The first-order valence-electron chi connectivity index (χ1n) is 5.84. The van der Waals surface area contributed by atoms with Crippen molar-refractivity contribution in [2.45, 2.75) is 33.6 Å². The molecule has 88 valence electrons.